The molecule has 2 aromatic heterocycles. The third-order valence-electron chi connectivity index (χ3n) is 5.01. The zero-order valence-corrected chi connectivity index (χ0v) is 16.3. The van der Waals surface area contributed by atoms with Crippen LogP contribution in [0.1, 0.15) is 12.1 Å². The molecule has 0 spiro atoms. The van der Waals surface area contributed by atoms with Crippen molar-refractivity contribution in [3.8, 4) is 17.2 Å². The second-order valence-electron chi connectivity index (χ2n) is 6.95. The van der Waals surface area contributed by atoms with Crippen molar-refractivity contribution in [3.63, 3.8) is 0 Å². The monoisotopic (exact) mass is 394 g/mol. The topological polar surface area (TPSA) is 89.6 Å². The van der Waals surface area contributed by atoms with Crippen molar-refractivity contribution in [2.75, 3.05) is 18.6 Å². The van der Waals surface area contributed by atoms with Gasteiger partial charge >= 0.3 is 0 Å². The summed E-state index contributed by atoms with van der Waals surface area (Å²) >= 11 is 0. The molecule has 1 N–H and O–H groups in total. The van der Waals surface area contributed by atoms with Crippen LogP contribution < -0.4 is 15.0 Å². The molecular formula is C21H22N4O4. The van der Waals surface area contributed by atoms with Gasteiger partial charge in [0.2, 0.25) is 11.8 Å². The van der Waals surface area contributed by atoms with E-state index >= 15 is 0 Å². The van der Waals surface area contributed by atoms with Crippen LogP contribution >= 0.6 is 0 Å². The molecule has 0 aliphatic carbocycles. The highest BCUT2D eigenvalue weighted by atomic mass is 16.5. The van der Waals surface area contributed by atoms with Gasteiger partial charge in [-0.2, -0.15) is 5.10 Å². The summed E-state index contributed by atoms with van der Waals surface area (Å²) in [6.45, 7) is 0.634. The predicted molar refractivity (Wildman–Crippen MR) is 106 cm³/mol. The summed E-state index contributed by atoms with van der Waals surface area (Å²) < 4.78 is 12.3. The number of ether oxygens (including phenoxy) is 1. The Morgan fingerprint density at radius 3 is 2.93 bits per heavy atom. The predicted octanol–water partition coefficient (Wildman–Crippen LogP) is 2.36. The zero-order valence-electron chi connectivity index (χ0n) is 16.3. The Bertz CT molecular complexity index is 1030. The summed E-state index contributed by atoms with van der Waals surface area (Å²) in [6.07, 6.45) is 1.79. The zero-order chi connectivity index (χ0) is 20.4. The molecule has 8 nitrogen and oxygen atoms in total. The highest BCUT2D eigenvalue weighted by Crippen LogP contribution is 2.28. The number of benzene rings is 1. The fourth-order valence-corrected chi connectivity index (χ4v) is 3.50. The second-order valence-corrected chi connectivity index (χ2v) is 6.95. The number of aryl methyl sites for hydroxylation is 1. The smallest absolute Gasteiger partial charge is 0.227 e. The number of methoxy groups -OCH3 is 1. The number of furan rings is 1. The number of hydrogen-bond donors (Lipinski definition) is 1. The number of aromatic nitrogens is 2. The van der Waals surface area contributed by atoms with E-state index in [-0.39, 0.29) is 24.8 Å². The minimum absolute atomic E-state index is 0.0728. The van der Waals surface area contributed by atoms with Gasteiger partial charge in [0.05, 0.1) is 31.5 Å². The summed E-state index contributed by atoms with van der Waals surface area (Å²) in [5.74, 6) is 0.755. The number of nitrogens with zero attached hydrogens (tertiary/aromatic N) is 3. The van der Waals surface area contributed by atoms with Gasteiger partial charge in [0.15, 0.2) is 5.76 Å². The summed E-state index contributed by atoms with van der Waals surface area (Å²) in [4.78, 5) is 26.7. The maximum Gasteiger partial charge on any atom is 0.227 e. The molecule has 1 saturated heterocycles. The first kappa shape index (κ1) is 18.8. The minimum atomic E-state index is -0.401. The van der Waals surface area contributed by atoms with Gasteiger partial charge in [0.25, 0.3) is 0 Å². The standard InChI is InChI=1S/C21H22N4O4/c1-24-18(19-7-4-8-29-19)10-15(23-24)12-22-21(27)14-9-20(26)25(13-14)16-5-3-6-17(11-16)28-2/h3-8,10-11,14H,9,12-13H2,1-2H3,(H,22,27). The van der Waals surface area contributed by atoms with Crippen molar-refractivity contribution in [2.45, 2.75) is 13.0 Å². The number of nitrogens with one attached hydrogen (secondary N) is 1. The molecule has 1 unspecified atom stereocenters. The van der Waals surface area contributed by atoms with Crippen LogP contribution in [0.2, 0.25) is 0 Å². The number of anilines is 1. The van der Waals surface area contributed by atoms with Crippen LogP contribution in [0.5, 0.6) is 5.75 Å². The molecular weight excluding hydrogens is 372 g/mol. The van der Waals surface area contributed by atoms with Crippen LogP contribution in [0.15, 0.2) is 53.1 Å². The number of carbonyl (C=O) groups is 2. The third-order valence-corrected chi connectivity index (χ3v) is 5.01. The number of rotatable bonds is 6. The van der Waals surface area contributed by atoms with E-state index in [1.54, 1.807) is 29.0 Å². The molecule has 2 amide bonds. The molecule has 1 fully saturated rings. The molecule has 0 bridgehead atoms. The third kappa shape index (κ3) is 3.87. The molecule has 1 atom stereocenters. The quantitative estimate of drug-likeness (QED) is 0.693. The van der Waals surface area contributed by atoms with Crippen LogP contribution in [0.3, 0.4) is 0 Å². The molecule has 8 heteroatoms. The van der Waals surface area contributed by atoms with Gasteiger partial charge in [0, 0.05) is 31.8 Å². The molecule has 0 radical (unpaired) electrons. The summed E-state index contributed by atoms with van der Waals surface area (Å²) in [6, 6.07) is 12.8. The lowest BCUT2D eigenvalue weighted by Crippen LogP contribution is -2.32. The van der Waals surface area contributed by atoms with Crippen LogP contribution in [0.25, 0.3) is 11.5 Å². The SMILES string of the molecule is COc1cccc(N2CC(C(=O)NCc3cc(-c4ccco4)n(C)n3)CC2=O)c1. The molecule has 1 aliphatic heterocycles. The van der Waals surface area contributed by atoms with Crippen LogP contribution in [0, 0.1) is 5.92 Å². The van der Waals surface area contributed by atoms with Crippen molar-refractivity contribution in [1.82, 2.24) is 15.1 Å². The fourth-order valence-electron chi connectivity index (χ4n) is 3.50. The number of hydrogen-bond acceptors (Lipinski definition) is 5. The minimum Gasteiger partial charge on any atom is -0.497 e. The van der Waals surface area contributed by atoms with Crippen LogP contribution in [0.4, 0.5) is 5.69 Å². The van der Waals surface area contributed by atoms with Crippen molar-refractivity contribution in [3.05, 3.63) is 54.4 Å². The van der Waals surface area contributed by atoms with Crippen molar-refractivity contribution >= 4 is 17.5 Å². The van der Waals surface area contributed by atoms with E-state index in [9.17, 15) is 9.59 Å². The van der Waals surface area contributed by atoms with Crippen molar-refractivity contribution < 1.29 is 18.7 Å². The van der Waals surface area contributed by atoms with Crippen molar-refractivity contribution in [2.24, 2.45) is 13.0 Å². The molecule has 3 heterocycles. The highest BCUT2D eigenvalue weighted by molar-refractivity contribution is 6.00. The van der Waals surface area contributed by atoms with E-state index < -0.39 is 5.92 Å². The fraction of sp³-hybridized carbons (Fsp3) is 0.286. The lowest BCUT2D eigenvalue weighted by atomic mass is 10.1. The molecule has 1 aliphatic rings. The molecule has 29 heavy (non-hydrogen) atoms. The number of amides is 2. The summed E-state index contributed by atoms with van der Waals surface area (Å²) in [7, 11) is 3.40. The van der Waals surface area contributed by atoms with Gasteiger partial charge in [-0.05, 0) is 30.3 Å². The highest BCUT2D eigenvalue weighted by Gasteiger charge is 2.35. The second kappa shape index (κ2) is 7.83. The normalized spacial score (nSPS) is 16.3. The summed E-state index contributed by atoms with van der Waals surface area (Å²) in [5, 5.41) is 7.31. The number of carbonyl (C=O) groups excluding carboxylic acids is 2. The largest absolute Gasteiger partial charge is 0.497 e. The molecule has 0 saturated carbocycles. The van der Waals surface area contributed by atoms with Gasteiger partial charge in [0.1, 0.15) is 11.4 Å². The Labute approximate surface area is 168 Å². The van der Waals surface area contributed by atoms with Gasteiger partial charge in [-0.15, -0.1) is 0 Å². The first-order valence-electron chi connectivity index (χ1n) is 9.34. The Balaban J connectivity index is 1.38. The van der Waals surface area contributed by atoms with E-state index in [1.165, 1.54) is 0 Å². The first-order chi connectivity index (χ1) is 14.0. The van der Waals surface area contributed by atoms with E-state index in [0.717, 1.165) is 17.1 Å². The Morgan fingerprint density at radius 2 is 2.17 bits per heavy atom. The first-order valence-corrected chi connectivity index (χ1v) is 9.34. The van der Waals surface area contributed by atoms with E-state index in [0.29, 0.717) is 18.1 Å². The molecule has 4 rings (SSSR count). The maximum absolute atomic E-state index is 12.6. The lowest BCUT2D eigenvalue weighted by Gasteiger charge is -2.17. The average molecular weight is 394 g/mol. The molecule has 1 aromatic carbocycles. The van der Waals surface area contributed by atoms with Gasteiger partial charge in [-0.1, -0.05) is 6.07 Å². The Kier molecular flexibility index (Phi) is 5.07. The lowest BCUT2D eigenvalue weighted by molar-refractivity contribution is -0.126. The van der Waals surface area contributed by atoms with Gasteiger partial charge < -0.3 is 19.4 Å². The van der Waals surface area contributed by atoms with Crippen LogP contribution in [-0.2, 0) is 23.2 Å². The van der Waals surface area contributed by atoms with Crippen molar-refractivity contribution in [1.29, 1.82) is 0 Å². The van der Waals surface area contributed by atoms with E-state index in [4.69, 9.17) is 9.15 Å². The van der Waals surface area contributed by atoms with Gasteiger partial charge in [-0.3, -0.25) is 14.3 Å². The summed E-state index contributed by atoms with van der Waals surface area (Å²) in [5.41, 5.74) is 2.29. The van der Waals surface area contributed by atoms with E-state index in [1.807, 2.05) is 43.4 Å². The van der Waals surface area contributed by atoms with Crippen LogP contribution in [-0.4, -0.2) is 35.2 Å². The average Bonchev–Trinajstić information content (AvgIpc) is 3.46. The Morgan fingerprint density at radius 1 is 1.31 bits per heavy atom. The molecule has 150 valence electrons. The maximum atomic E-state index is 12.6. The molecule has 3 aromatic rings. The Hall–Kier alpha value is -3.55. The van der Waals surface area contributed by atoms with Gasteiger partial charge in [-0.25, -0.2) is 0 Å². The van der Waals surface area contributed by atoms with E-state index in [2.05, 4.69) is 10.4 Å².